The molecule has 0 aliphatic rings. The number of nitrogens with zero attached hydrogens (tertiary/aromatic N) is 3. The third kappa shape index (κ3) is 4.41. The molecule has 0 amide bonds. The molecule has 0 bridgehead atoms. The molecule has 1 N–H and O–H groups in total. The van der Waals surface area contributed by atoms with Crippen molar-refractivity contribution < 1.29 is 0 Å². The third-order valence-electron chi connectivity index (χ3n) is 3.15. The van der Waals surface area contributed by atoms with Gasteiger partial charge in [0, 0.05) is 17.5 Å². The quantitative estimate of drug-likeness (QED) is 0.846. The van der Waals surface area contributed by atoms with Crippen LogP contribution in [0.2, 0.25) is 0 Å². The van der Waals surface area contributed by atoms with Gasteiger partial charge < -0.3 is 5.32 Å². The van der Waals surface area contributed by atoms with Crippen LogP contribution in [0, 0.1) is 0 Å². The lowest BCUT2D eigenvalue weighted by atomic mass is 9.85. The topological polar surface area (TPSA) is 42.7 Å². The number of hydrogen-bond acceptors (Lipinski definition) is 3. The van der Waals surface area contributed by atoms with Crippen molar-refractivity contribution in [3.63, 3.8) is 0 Å². The fraction of sp³-hybridized carbons (Fsp3) is 0.857. The normalized spacial score (nSPS) is 13.0. The lowest BCUT2D eigenvalue weighted by Crippen LogP contribution is -2.39. The molecule has 4 heteroatoms. The summed E-state index contributed by atoms with van der Waals surface area (Å²) in [4.78, 5) is 0. The lowest BCUT2D eigenvalue weighted by molar-refractivity contribution is 0.363. The molecule has 1 aromatic rings. The van der Waals surface area contributed by atoms with Crippen LogP contribution in [0.15, 0.2) is 6.20 Å². The smallest absolute Gasteiger partial charge is 0.0730 e. The molecule has 18 heavy (non-hydrogen) atoms. The number of aryl methyl sites for hydroxylation is 1. The van der Waals surface area contributed by atoms with Crippen molar-refractivity contribution in [2.45, 2.75) is 71.9 Å². The minimum absolute atomic E-state index is 0.108. The van der Waals surface area contributed by atoms with Crippen LogP contribution in [0.4, 0.5) is 0 Å². The molecule has 0 saturated carbocycles. The van der Waals surface area contributed by atoms with E-state index in [2.05, 4.69) is 57.2 Å². The molecule has 0 aliphatic heterocycles. The summed E-state index contributed by atoms with van der Waals surface area (Å²) in [6.45, 7) is 15.2. The van der Waals surface area contributed by atoms with Gasteiger partial charge >= 0.3 is 0 Å². The van der Waals surface area contributed by atoms with E-state index in [1.54, 1.807) is 0 Å². The van der Waals surface area contributed by atoms with E-state index in [1.807, 2.05) is 10.9 Å². The minimum Gasteiger partial charge on any atom is -0.312 e. The van der Waals surface area contributed by atoms with E-state index in [0.29, 0.717) is 0 Å². The zero-order chi connectivity index (χ0) is 13.8. The molecule has 0 atom stereocenters. The average Bonchev–Trinajstić information content (AvgIpc) is 2.64. The van der Waals surface area contributed by atoms with Gasteiger partial charge in [-0.25, -0.2) is 4.68 Å². The highest BCUT2D eigenvalue weighted by Crippen LogP contribution is 2.26. The second-order valence-electron chi connectivity index (χ2n) is 6.65. The van der Waals surface area contributed by atoms with Crippen molar-refractivity contribution in [2.24, 2.45) is 0 Å². The molecule has 0 aliphatic carbocycles. The van der Waals surface area contributed by atoms with Crippen LogP contribution >= 0.6 is 0 Å². The highest BCUT2D eigenvalue weighted by molar-refractivity contribution is 5.10. The summed E-state index contributed by atoms with van der Waals surface area (Å²) in [7, 11) is 0. The van der Waals surface area contributed by atoms with Crippen molar-refractivity contribution in [3.05, 3.63) is 11.9 Å². The first-order valence-electron chi connectivity index (χ1n) is 6.90. The van der Waals surface area contributed by atoms with Gasteiger partial charge in [0.2, 0.25) is 0 Å². The SMILES string of the molecule is CCCn1nncc1C(C)(C)CCNC(C)(C)C. The molecule has 0 unspecified atom stereocenters. The van der Waals surface area contributed by atoms with Crippen LogP contribution in [-0.2, 0) is 12.0 Å². The van der Waals surface area contributed by atoms with Crippen molar-refractivity contribution in [1.82, 2.24) is 20.3 Å². The maximum atomic E-state index is 4.18. The Bertz CT molecular complexity index is 360. The van der Waals surface area contributed by atoms with Gasteiger partial charge in [-0.15, -0.1) is 5.10 Å². The number of rotatable bonds is 6. The zero-order valence-corrected chi connectivity index (χ0v) is 12.7. The summed E-state index contributed by atoms with van der Waals surface area (Å²) < 4.78 is 2.04. The minimum atomic E-state index is 0.108. The Kier molecular flexibility index (Phi) is 4.91. The van der Waals surface area contributed by atoms with Gasteiger partial charge in [0.15, 0.2) is 0 Å². The maximum absolute atomic E-state index is 4.18. The Labute approximate surface area is 111 Å². The molecular formula is C14H28N4. The molecule has 1 rings (SSSR count). The van der Waals surface area contributed by atoms with Crippen molar-refractivity contribution in [1.29, 1.82) is 0 Å². The summed E-state index contributed by atoms with van der Waals surface area (Å²) in [6, 6.07) is 0. The molecule has 0 saturated heterocycles. The summed E-state index contributed by atoms with van der Waals surface area (Å²) in [5.74, 6) is 0. The summed E-state index contributed by atoms with van der Waals surface area (Å²) in [5, 5.41) is 11.8. The van der Waals surface area contributed by atoms with E-state index in [0.717, 1.165) is 25.9 Å². The first kappa shape index (κ1) is 15.2. The zero-order valence-electron chi connectivity index (χ0n) is 12.7. The molecule has 4 nitrogen and oxygen atoms in total. The Morgan fingerprint density at radius 2 is 1.89 bits per heavy atom. The van der Waals surface area contributed by atoms with Gasteiger partial charge in [0.05, 0.1) is 11.9 Å². The Hall–Kier alpha value is -0.900. The molecule has 1 heterocycles. The molecule has 0 radical (unpaired) electrons. The summed E-state index contributed by atoms with van der Waals surface area (Å²) in [5.41, 5.74) is 1.52. The fourth-order valence-electron chi connectivity index (χ4n) is 2.04. The third-order valence-corrected chi connectivity index (χ3v) is 3.15. The van der Waals surface area contributed by atoms with Crippen LogP contribution < -0.4 is 5.32 Å². The van der Waals surface area contributed by atoms with Gasteiger partial charge in [-0.2, -0.15) is 0 Å². The van der Waals surface area contributed by atoms with E-state index in [9.17, 15) is 0 Å². The number of hydrogen-bond donors (Lipinski definition) is 1. The van der Waals surface area contributed by atoms with Gasteiger partial charge in [-0.1, -0.05) is 26.0 Å². The second-order valence-corrected chi connectivity index (χ2v) is 6.65. The second kappa shape index (κ2) is 5.83. The highest BCUT2D eigenvalue weighted by Gasteiger charge is 2.25. The van der Waals surface area contributed by atoms with Gasteiger partial charge in [0.1, 0.15) is 0 Å². The fourth-order valence-corrected chi connectivity index (χ4v) is 2.04. The predicted molar refractivity (Wildman–Crippen MR) is 75.7 cm³/mol. The number of nitrogens with one attached hydrogen (secondary N) is 1. The van der Waals surface area contributed by atoms with Crippen LogP contribution in [-0.4, -0.2) is 27.1 Å². The van der Waals surface area contributed by atoms with Crippen LogP contribution in [0.3, 0.4) is 0 Å². The first-order valence-corrected chi connectivity index (χ1v) is 6.90. The van der Waals surface area contributed by atoms with Crippen molar-refractivity contribution in [3.8, 4) is 0 Å². The monoisotopic (exact) mass is 252 g/mol. The van der Waals surface area contributed by atoms with Gasteiger partial charge in [0.25, 0.3) is 0 Å². The molecular weight excluding hydrogens is 224 g/mol. The predicted octanol–water partition coefficient (Wildman–Crippen LogP) is 2.74. The van der Waals surface area contributed by atoms with Gasteiger partial charge in [-0.05, 0) is 40.2 Å². The first-order chi connectivity index (χ1) is 8.26. The number of aromatic nitrogens is 3. The van der Waals surface area contributed by atoms with Crippen molar-refractivity contribution >= 4 is 0 Å². The standard InChI is InChI=1S/C14H28N4/c1-7-10-18-12(11-16-17-18)14(5,6)8-9-15-13(2,3)4/h11,15H,7-10H2,1-6H3. The van der Waals surface area contributed by atoms with Crippen LogP contribution in [0.25, 0.3) is 0 Å². The Morgan fingerprint density at radius 1 is 1.22 bits per heavy atom. The van der Waals surface area contributed by atoms with E-state index >= 15 is 0 Å². The largest absolute Gasteiger partial charge is 0.312 e. The average molecular weight is 252 g/mol. The summed E-state index contributed by atoms with van der Waals surface area (Å²) in [6.07, 6.45) is 4.08. The molecule has 0 fully saturated rings. The van der Waals surface area contributed by atoms with E-state index in [-0.39, 0.29) is 11.0 Å². The van der Waals surface area contributed by atoms with E-state index in [4.69, 9.17) is 0 Å². The maximum Gasteiger partial charge on any atom is 0.0730 e. The lowest BCUT2D eigenvalue weighted by Gasteiger charge is -2.28. The summed E-state index contributed by atoms with van der Waals surface area (Å²) >= 11 is 0. The molecule has 1 aromatic heterocycles. The Balaban J connectivity index is 2.64. The van der Waals surface area contributed by atoms with Crippen LogP contribution in [0.5, 0.6) is 0 Å². The van der Waals surface area contributed by atoms with E-state index < -0.39 is 0 Å². The molecule has 0 spiro atoms. The molecule has 0 aromatic carbocycles. The molecule has 104 valence electrons. The Morgan fingerprint density at radius 3 is 2.44 bits per heavy atom. The highest BCUT2D eigenvalue weighted by atomic mass is 15.4. The van der Waals surface area contributed by atoms with Crippen LogP contribution in [0.1, 0.15) is 60.1 Å². The van der Waals surface area contributed by atoms with E-state index in [1.165, 1.54) is 5.69 Å². The van der Waals surface area contributed by atoms with Gasteiger partial charge in [-0.3, -0.25) is 0 Å². The van der Waals surface area contributed by atoms with Crippen molar-refractivity contribution in [2.75, 3.05) is 6.54 Å².